The summed E-state index contributed by atoms with van der Waals surface area (Å²) in [6, 6.07) is 4.02. The van der Waals surface area contributed by atoms with Crippen molar-refractivity contribution in [1.29, 1.82) is 0 Å². The molecule has 2 aromatic heterocycles. The Morgan fingerprint density at radius 1 is 0.857 bits per heavy atom. The van der Waals surface area contributed by atoms with Crippen molar-refractivity contribution >= 4 is 45.1 Å². The van der Waals surface area contributed by atoms with Gasteiger partial charge < -0.3 is 39.6 Å². The summed E-state index contributed by atoms with van der Waals surface area (Å²) in [6.07, 6.45) is 4.90. The van der Waals surface area contributed by atoms with Crippen LogP contribution in [0, 0.1) is 11.6 Å². The molecule has 0 aliphatic carbocycles. The molecule has 0 spiro atoms. The second kappa shape index (κ2) is 13.6. The summed E-state index contributed by atoms with van der Waals surface area (Å²) in [5.41, 5.74) is 0.944. The first-order chi connectivity index (χ1) is 23.4. The third-order valence-electron chi connectivity index (χ3n) is 9.82. The van der Waals surface area contributed by atoms with Crippen LogP contribution in [-0.2, 0) is 13.0 Å². The number of carbonyl (C=O) groups is 2. The molecular weight excluding hydrogens is 640 g/mol. The molecule has 7 rings (SSSR count). The quantitative estimate of drug-likeness (QED) is 0.246. The largest absolute Gasteiger partial charge is 0.477 e. The number of nitrogens with one attached hydrogen (secondary N) is 1. The molecule has 0 saturated carbocycles. The number of anilines is 2. The van der Waals surface area contributed by atoms with Crippen molar-refractivity contribution in [2.75, 3.05) is 49.1 Å². The lowest BCUT2D eigenvalue weighted by atomic mass is 9.93. The highest BCUT2D eigenvalue weighted by molar-refractivity contribution is 5.96. The number of hydrogen-bond donors (Lipinski definition) is 4. The number of hydrogen-bond acceptors (Lipinski definition) is 8. The molecule has 260 valence electrons. The van der Waals surface area contributed by atoms with Gasteiger partial charge in [-0.15, -0.1) is 0 Å². The molecule has 3 aliphatic rings. The van der Waals surface area contributed by atoms with Gasteiger partial charge in [0.05, 0.1) is 28.5 Å². The molecule has 2 saturated heterocycles. The van der Waals surface area contributed by atoms with Gasteiger partial charge in [-0.25, -0.2) is 18.4 Å². The van der Waals surface area contributed by atoms with Crippen molar-refractivity contribution in [3.05, 3.63) is 79.4 Å². The fourth-order valence-electron chi connectivity index (χ4n) is 7.18. The maximum Gasteiger partial charge on any atom is 0.341 e. The number of aryl methyl sites for hydroxylation is 2. The zero-order valence-electron chi connectivity index (χ0n) is 27.3. The van der Waals surface area contributed by atoms with E-state index in [0.29, 0.717) is 74.4 Å². The molecule has 4 N–H and O–H groups in total. The third kappa shape index (κ3) is 6.26. The molecule has 1 unspecified atom stereocenters. The van der Waals surface area contributed by atoms with Gasteiger partial charge in [-0.2, -0.15) is 0 Å². The first-order valence-corrected chi connectivity index (χ1v) is 16.5. The van der Waals surface area contributed by atoms with Gasteiger partial charge in [0.1, 0.15) is 22.8 Å². The summed E-state index contributed by atoms with van der Waals surface area (Å²) in [5, 5.41) is 31.6. The van der Waals surface area contributed by atoms with Gasteiger partial charge in [0.25, 0.3) is 0 Å². The normalized spacial score (nSPS) is 18.0. The van der Waals surface area contributed by atoms with Gasteiger partial charge in [-0.3, -0.25) is 9.59 Å². The van der Waals surface area contributed by atoms with E-state index in [0.717, 1.165) is 31.1 Å². The van der Waals surface area contributed by atoms with Crippen LogP contribution in [0.2, 0.25) is 0 Å². The van der Waals surface area contributed by atoms with Gasteiger partial charge in [0.2, 0.25) is 10.9 Å². The number of aromatic nitrogens is 2. The summed E-state index contributed by atoms with van der Waals surface area (Å²) in [7, 11) is 0. The van der Waals surface area contributed by atoms with Gasteiger partial charge in [-0.05, 0) is 57.7 Å². The summed E-state index contributed by atoms with van der Waals surface area (Å²) in [4.78, 5) is 51.4. The number of benzene rings is 2. The fourth-order valence-corrected chi connectivity index (χ4v) is 7.18. The number of aliphatic hydroxyl groups is 1. The molecule has 2 fully saturated rings. The van der Waals surface area contributed by atoms with E-state index in [1.807, 2.05) is 23.6 Å². The number of aromatic carboxylic acids is 2. The Balaban J connectivity index is 0.000000171. The third-order valence-corrected chi connectivity index (χ3v) is 9.82. The smallest absolute Gasteiger partial charge is 0.341 e. The number of fused-ring (bicyclic) bond motifs is 1. The van der Waals surface area contributed by atoms with Crippen molar-refractivity contribution in [2.45, 2.75) is 58.2 Å². The maximum absolute atomic E-state index is 15.0. The molecule has 12 nitrogen and oxygen atoms in total. The van der Waals surface area contributed by atoms with Crippen LogP contribution in [0.25, 0.3) is 21.8 Å². The first-order valence-electron chi connectivity index (χ1n) is 16.5. The van der Waals surface area contributed by atoms with Crippen LogP contribution >= 0.6 is 0 Å². The van der Waals surface area contributed by atoms with E-state index in [2.05, 4.69) is 5.32 Å². The Hall–Kier alpha value is -4.82. The molecule has 1 atom stereocenters. The molecule has 0 bridgehead atoms. The molecular formula is C35H39F2N5O7. The number of nitrogens with zero attached hydrogens (tertiary/aromatic N) is 4. The minimum Gasteiger partial charge on any atom is -0.477 e. The zero-order chi connectivity index (χ0) is 35.1. The minimum absolute atomic E-state index is 0.0326. The molecule has 0 amide bonds. The zero-order valence-corrected chi connectivity index (χ0v) is 27.3. The Morgan fingerprint density at radius 3 is 2.10 bits per heavy atom. The van der Waals surface area contributed by atoms with Crippen molar-refractivity contribution < 1.29 is 33.7 Å². The molecule has 49 heavy (non-hydrogen) atoms. The van der Waals surface area contributed by atoms with Crippen molar-refractivity contribution in [3.8, 4) is 0 Å². The van der Waals surface area contributed by atoms with E-state index < -0.39 is 34.4 Å². The number of pyridine rings is 2. The minimum atomic E-state index is -1.30. The van der Waals surface area contributed by atoms with E-state index in [-0.39, 0.29) is 34.0 Å². The lowest BCUT2D eigenvalue weighted by Crippen LogP contribution is -2.43. The number of halogens is 2. The predicted molar refractivity (Wildman–Crippen MR) is 181 cm³/mol. The van der Waals surface area contributed by atoms with Crippen LogP contribution in [0.5, 0.6) is 0 Å². The van der Waals surface area contributed by atoms with Gasteiger partial charge >= 0.3 is 11.9 Å². The SMILES string of the molecule is CC1CCc2c(N3CCC(O)CC3)c(F)cc3c(=O)c(C(=O)O)cn1c23.CCn1cc(C(=O)O)c(=O)c2cc(F)c(N3CCNCC3)cc21. The van der Waals surface area contributed by atoms with Crippen LogP contribution in [0.4, 0.5) is 20.2 Å². The highest BCUT2D eigenvalue weighted by Crippen LogP contribution is 2.39. The predicted octanol–water partition coefficient (Wildman–Crippen LogP) is 3.58. The summed E-state index contributed by atoms with van der Waals surface area (Å²) < 4.78 is 33.0. The Morgan fingerprint density at radius 2 is 1.47 bits per heavy atom. The average Bonchev–Trinajstić information content (AvgIpc) is 3.08. The Bertz CT molecular complexity index is 2080. The molecule has 4 aromatic rings. The lowest BCUT2D eigenvalue weighted by Gasteiger charge is -2.36. The van der Waals surface area contributed by atoms with Gasteiger partial charge in [-0.1, -0.05) is 0 Å². The van der Waals surface area contributed by atoms with Crippen LogP contribution in [0.3, 0.4) is 0 Å². The number of aliphatic hydroxyl groups excluding tert-OH is 1. The second-order valence-corrected chi connectivity index (χ2v) is 12.8. The van der Waals surface area contributed by atoms with Crippen LogP contribution < -0.4 is 26.0 Å². The number of carboxylic acid groups (broad SMARTS) is 2. The molecule has 3 aliphatic heterocycles. The summed E-state index contributed by atoms with van der Waals surface area (Å²) in [5.74, 6) is -3.59. The standard InChI is InChI=1S/C19H21FN2O4.C16H18FN3O3/c1-10-2-3-12-16-13(18(24)14(19(25)26)9-22(10)16)8-15(20)17(12)21-6-4-11(23)5-7-21;1-2-19-9-11(16(22)23)15(21)10-7-12(17)14(8-13(10)19)20-5-3-18-4-6-20/h8-11,23H,2-7H2,1H3,(H,25,26);7-9,18H,2-6H2,1H3,(H,22,23). The molecule has 5 heterocycles. The topological polar surface area (TPSA) is 157 Å². The number of carboxylic acids is 2. The highest BCUT2D eigenvalue weighted by atomic mass is 19.1. The van der Waals surface area contributed by atoms with Crippen molar-refractivity contribution in [2.24, 2.45) is 0 Å². The molecule has 0 radical (unpaired) electrons. The van der Waals surface area contributed by atoms with Gasteiger partial charge in [0.15, 0.2) is 0 Å². The first kappa shape index (κ1) is 34.1. The monoisotopic (exact) mass is 679 g/mol. The number of piperidine rings is 1. The lowest BCUT2D eigenvalue weighted by molar-refractivity contribution is 0.0684. The van der Waals surface area contributed by atoms with Crippen molar-refractivity contribution in [3.63, 3.8) is 0 Å². The summed E-state index contributed by atoms with van der Waals surface area (Å²) >= 11 is 0. The highest BCUT2D eigenvalue weighted by Gasteiger charge is 2.30. The van der Waals surface area contributed by atoms with E-state index in [1.165, 1.54) is 18.5 Å². The van der Waals surface area contributed by atoms with Gasteiger partial charge in [0, 0.05) is 80.6 Å². The summed E-state index contributed by atoms with van der Waals surface area (Å²) in [6.45, 7) is 8.35. The molecule has 2 aromatic carbocycles. The van der Waals surface area contributed by atoms with E-state index >= 15 is 4.39 Å². The van der Waals surface area contributed by atoms with E-state index in [1.54, 1.807) is 15.2 Å². The Labute approximate surface area is 279 Å². The van der Waals surface area contributed by atoms with Crippen LogP contribution in [0.1, 0.15) is 65.4 Å². The number of rotatable bonds is 5. The maximum atomic E-state index is 15.0. The van der Waals surface area contributed by atoms with E-state index in [4.69, 9.17) is 5.11 Å². The van der Waals surface area contributed by atoms with E-state index in [9.17, 15) is 33.8 Å². The number of piperazine rings is 1. The van der Waals surface area contributed by atoms with Crippen molar-refractivity contribution in [1.82, 2.24) is 14.5 Å². The van der Waals surface area contributed by atoms with Crippen LogP contribution in [0.15, 0.2) is 40.2 Å². The molecule has 14 heteroatoms. The van der Waals surface area contributed by atoms with Crippen LogP contribution in [-0.4, -0.2) is 81.8 Å². The Kier molecular flexibility index (Phi) is 9.45. The fraction of sp³-hybridized carbons (Fsp3) is 0.429. The second-order valence-electron chi connectivity index (χ2n) is 12.8. The average molecular weight is 680 g/mol.